The summed E-state index contributed by atoms with van der Waals surface area (Å²) in [6.07, 6.45) is -2.06. The zero-order valence-electron chi connectivity index (χ0n) is 18.6. The molecular formula is C26H27FO6. The van der Waals surface area contributed by atoms with E-state index in [2.05, 4.69) is 16.9 Å². The van der Waals surface area contributed by atoms with E-state index in [1.54, 1.807) is 0 Å². The Kier molecular flexibility index (Phi) is 8.80. The maximum atomic E-state index is 14.4. The van der Waals surface area contributed by atoms with Gasteiger partial charge in [0, 0.05) is 13.5 Å². The normalized spacial score (nSPS) is 12.6. The molecule has 0 amide bonds. The van der Waals surface area contributed by atoms with E-state index in [1.807, 2.05) is 42.5 Å². The van der Waals surface area contributed by atoms with Gasteiger partial charge in [0.1, 0.15) is 11.9 Å². The molecule has 3 aromatic carbocycles. The van der Waals surface area contributed by atoms with Crippen molar-refractivity contribution in [2.75, 3.05) is 27.4 Å². The minimum Gasteiger partial charge on any atom is -0.493 e. The Bertz CT molecular complexity index is 1020. The maximum absolute atomic E-state index is 14.4. The summed E-state index contributed by atoms with van der Waals surface area (Å²) in [6.45, 7) is 0.668. The van der Waals surface area contributed by atoms with Gasteiger partial charge in [-0.25, -0.2) is 9.18 Å². The topological polar surface area (TPSA) is 74.2 Å². The van der Waals surface area contributed by atoms with E-state index >= 15 is 0 Å². The molecule has 1 N–H and O–H groups in total. The highest BCUT2D eigenvalue weighted by atomic mass is 19.1. The number of aliphatic hydroxyl groups is 1. The van der Waals surface area contributed by atoms with Crippen molar-refractivity contribution in [2.45, 2.75) is 18.6 Å². The fourth-order valence-electron chi connectivity index (χ4n) is 3.27. The number of halogens is 1. The molecule has 6 nitrogen and oxygen atoms in total. The molecule has 33 heavy (non-hydrogen) atoms. The summed E-state index contributed by atoms with van der Waals surface area (Å²) in [5.41, 5.74) is 2.43. The smallest absolute Gasteiger partial charge is 0.338 e. The highest BCUT2D eigenvalue weighted by molar-refractivity contribution is 5.75. The predicted octanol–water partition coefficient (Wildman–Crippen LogP) is 4.56. The van der Waals surface area contributed by atoms with Crippen molar-refractivity contribution in [3.63, 3.8) is 0 Å². The highest BCUT2D eigenvalue weighted by Crippen LogP contribution is 2.26. The maximum Gasteiger partial charge on any atom is 0.338 e. The van der Waals surface area contributed by atoms with Gasteiger partial charge in [-0.2, -0.15) is 0 Å². The lowest BCUT2D eigenvalue weighted by atomic mass is 10.0. The molecule has 0 radical (unpaired) electrons. The molecule has 0 aliphatic rings. The summed E-state index contributed by atoms with van der Waals surface area (Å²) in [5, 5.41) is 10.3. The summed E-state index contributed by atoms with van der Waals surface area (Å²) in [6, 6.07) is 21.9. The molecule has 0 saturated carbocycles. The fourth-order valence-corrected chi connectivity index (χ4v) is 3.27. The van der Waals surface area contributed by atoms with Crippen LogP contribution in [0.1, 0.15) is 18.1 Å². The second-order valence-corrected chi connectivity index (χ2v) is 7.26. The molecule has 0 aliphatic heterocycles. The van der Waals surface area contributed by atoms with E-state index in [1.165, 1.54) is 26.4 Å². The molecule has 2 atom stereocenters. The number of carbonyl (C=O) groups excluding carboxylic acids is 1. The molecule has 0 bridgehead atoms. The Morgan fingerprint density at radius 2 is 1.58 bits per heavy atom. The molecule has 0 heterocycles. The van der Waals surface area contributed by atoms with Gasteiger partial charge in [-0.15, -0.1) is 0 Å². The number of methoxy groups -OCH3 is 2. The van der Waals surface area contributed by atoms with Crippen LogP contribution >= 0.6 is 0 Å². The summed E-state index contributed by atoms with van der Waals surface area (Å²) in [5.74, 6) is -0.605. The molecule has 2 unspecified atom stereocenters. The Morgan fingerprint density at radius 1 is 0.909 bits per heavy atom. The second kappa shape index (κ2) is 12.0. The standard InChI is InChI=1S/C26H27FO6/c1-30-25(26(29)31-2)24(28)20-11-14-23(22(27)17-20)33-16-6-15-32-21-12-9-19(10-13-21)18-7-4-3-5-8-18/h3-5,7-14,17,24-25,28H,6,15-16H2,1-2H3. The quantitative estimate of drug-likeness (QED) is 0.338. The van der Waals surface area contributed by atoms with Gasteiger partial charge >= 0.3 is 5.97 Å². The number of esters is 1. The third kappa shape index (κ3) is 6.54. The molecule has 174 valence electrons. The van der Waals surface area contributed by atoms with E-state index in [9.17, 15) is 14.3 Å². The number of ether oxygens (including phenoxy) is 4. The van der Waals surface area contributed by atoms with E-state index < -0.39 is 24.0 Å². The van der Waals surface area contributed by atoms with Crippen LogP contribution in [0.25, 0.3) is 11.1 Å². The van der Waals surface area contributed by atoms with Gasteiger partial charge in [-0.3, -0.25) is 0 Å². The monoisotopic (exact) mass is 454 g/mol. The Labute approximate surface area is 192 Å². The van der Waals surface area contributed by atoms with Crippen LogP contribution in [0.15, 0.2) is 72.8 Å². The zero-order valence-corrected chi connectivity index (χ0v) is 18.6. The molecule has 0 spiro atoms. The molecule has 3 rings (SSSR count). The number of rotatable bonds is 11. The van der Waals surface area contributed by atoms with E-state index in [4.69, 9.17) is 14.2 Å². The molecule has 0 aromatic heterocycles. The lowest BCUT2D eigenvalue weighted by Gasteiger charge is -2.20. The van der Waals surface area contributed by atoms with Crippen molar-refractivity contribution in [3.05, 3.63) is 84.2 Å². The van der Waals surface area contributed by atoms with Crippen LogP contribution in [0.4, 0.5) is 4.39 Å². The first-order valence-corrected chi connectivity index (χ1v) is 10.5. The number of hydrogen-bond donors (Lipinski definition) is 1. The van der Waals surface area contributed by atoms with Crippen LogP contribution in [-0.4, -0.2) is 44.6 Å². The third-order valence-corrected chi connectivity index (χ3v) is 5.05. The first-order valence-electron chi connectivity index (χ1n) is 10.5. The predicted molar refractivity (Wildman–Crippen MR) is 122 cm³/mol. The number of carbonyl (C=O) groups is 1. The Hall–Kier alpha value is -3.42. The third-order valence-electron chi connectivity index (χ3n) is 5.05. The largest absolute Gasteiger partial charge is 0.493 e. The first-order chi connectivity index (χ1) is 16.0. The molecule has 0 saturated heterocycles. The van der Waals surface area contributed by atoms with Crippen molar-refractivity contribution in [2.24, 2.45) is 0 Å². The van der Waals surface area contributed by atoms with Crippen LogP contribution in [0.3, 0.4) is 0 Å². The van der Waals surface area contributed by atoms with Crippen molar-refractivity contribution in [1.29, 1.82) is 0 Å². The van der Waals surface area contributed by atoms with Crippen LogP contribution in [-0.2, 0) is 14.3 Å². The van der Waals surface area contributed by atoms with Crippen molar-refractivity contribution >= 4 is 5.97 Å². The van der Waals surface area contributed by atoms with Gasteiger partial charge in [0.25, 0.3) is 0 Å². The highest BCUT2D eigenvalue weighted by Gasteiger charge is 2.29. The summed E-state index contributed by atoms with van der Waals surface area (Å²) in [7, 11) is 2.44. The van der Waals surface area contributed by atoms with Crippen LogP contribution in [0.2, 0.25) is 0 Å². The molecular weight excluding hydrogens is 427 g/mol. The van der Waals surface area contributed by atoms with Crippen molar-refractivity contribution in [3.8, 4) is 22.6 Å². The number of aliphatic hydroxyl groups excluding tert-OH is 1. The summed E-state index contributed by atoms with van der Waals surface area (Å²) < 4.78 is 35.1. The molecule has 0 fully saturated rings. The average molecular weight is 454 g/mol. The van der Waals surface area contributed by atoms with Gasteiger partial charge in [-0.1, -0.05) is 48.5 Å². The van der Waals surface area contributed by atoms with Crippen molar-refractivity contribution < 1.29 is 33.2 Å². The fraction of sp³-hybridized carbons (Fsp3) is 0.269. The number of benzene rings is 3. The minimum absolute atomic E-state index is 0.0465. The molecule has 0 aliphatic carbocycles. The van der Waals surface area contributed by atoms with Crippen LogP contribution in [0.5, 0.6) is 11.5 Å². The van der Waals surface area contributed by atoms with Gasteiger partial charge in [0.05, 0.1) is 20.3 Å². The summed E-state index contributed by atoms with van der Waals surface area (Å²) in [4.78, 5) is 11.7. The lowest BCUT2D eigenvalue weighted by Crippen LogP contribution is -2.31. The SMILES string of the molecule is COC(=O)C(OC)C(O)c1ccc(OCCCOc2ccc(-c3ccccc3)cc2)c(F)c1. The minimum atomic E-state index is -1.37. The van der Waals surface area contributed by atoms with Gasteiger partial charge in [-0.05, 0) is 41.0 Å². The lowest BCUT2D eigenvalue weighted by molar-refractivity contribution is -0.159. The number of hydrogen-bond acceptors (Lipinski definition) is 6. The average Bonchev–Trinajstić information content (AvgIpc) is 2.85. The van der Waals surface area contributed by atoms with Gasteiger partial charge in [0.2, 0.25) is 0 Å². The Morgan fingerprint density at radius 3 is 2.21 bits per heavy atom. The zero-order chi connectivity index (χ0) is 23.6. The second-order valence-electron chi connectivity index (χ2n) is 7.26. The van der Waals surface area contributed by atoms with Gasteiger partial charge < -0.3 is 24.1 Å². The van der Waals surface area contributed by atoms with E-state index in [-0.39, 0.29) is 17.9 Å². The van der Waals surface area contributed by atoms with Crippen LogP contribution < -0.4 is 9.47 Å². The molecule has 7 heteroatoms. The first kappa shape index (κ1) is 24.2. The van der Waals surface area contributed by atoms with Gasteiger partial charge in [0.15, 0.2) is 17.7 Å². The van der Waals surface area contributed by atoms with E-state index in [0.717, 1.165) is 22.9 Å². The van der Waals surface area contributed by atoms with Crippen LogP contribution in [0, 0.1) is 5.82 Å². The van der Waals surface area contributed by atoms with Crippen molar-refractivity contribution in [1.82, 2.24) is 0 Å². The summed E-state index contributed by atoms with van der Waals surface area (Å²) >= 11 is 0. The van der Waals surface area contributed by atoms with E-state index in [0.29, 0.717) is 13.0 Å². The molecule has 3 aromatic rings. The Balaban J connectivity index is 1.45.